The highest BCUT2D eigenvalue weighted by Crippen LogP contribution is 2.21. The molecule has 0 radical (unpaired) electrons. The second kappa shape index (κ2) is 5.08. The third kappa shape index (κ3) is 2.80. The molecule has 2 rings (SSSR count). The Morgan fingerprint density at radius 2 is 1.89 bits per heavy atom. The molecule has 0 aliphatic heterocycles. The van der Waals surface area contributed by atoms with Crippen molar-refractivity contribution in [3.05, 3.63) is 58.9 Å². The lowest BCUT2D eigenvalue weighted by Crippen LogP contribution is -2.04. The first-order valence-electron chi connectivity index (χ1n) is 5.91. The minimum atomic E-state index is -0.285. The maximum Gasteiger partial charge on any atom is 0.125 e. The quantitative estimate of drug-likeness (QED) is 0.809. The van der Waals surface area contributed by atoms with E-state index in [9.17, 15) is 4.39 Å². The predicted molar refractivity (Wildman–Crippen MR) is 74.1 cm³/mol. The molecule has 18 heavy (non-hydrogen) atoms. The zero-order valence-corrected chi connectivity index (χ0v) is 10.6. The number of nitrogens with one attached hydrogen (secondary N) is 1. The summed E-state index contributed by atoms with van der Waals surface area (Å²) in [5.41, 5.74) is 10.6. The van der Waals surface area contributed by atoms with Gasteiger partial charge in [-0.05, 0) is 43.2 Å². The highest BCUT2D eigenvalue weighted by Gasteiger charge is 2.03. The van der Waals surface area contributed by atoms with Gasteiger partial charge in [-0.15, -0.1) is 0 Å². The lowest BCUT2D eigenvalue weighted by Gasteiger charge is -2.12. The van der Waals surface area contributed by atoms with E-state index in [0.717, 1.165) is 0 Å². The molecule has 0 atom stereocenters. The van der Waals surface area contributed by atoms with Crippen molar-refractivity contribution in [3.63, 3.8) is 0 Å². The van der Waals surface area contributed by atoms with Gasteiger partial charge in [-0.3, -0.25) is 0 Å². The molecule has 0 unspecified atom stereocenters. The van der Waals surface area contributed by atoms with Gasteiger partial charge >= 0.3 is 0 Å². The predicted octanol–water partition coefficient (Wildman–Crippen LogP) is 3.64. The number of benzene rings is 2. The zero-order valence-electron chi connectivity index (χ0n) is 10.6. The summed E-state index contributed by atoms with van der Waals surface area (Å²) in [4.78, 5) is 0. The molecule has 0 saturated heterocycles. The van der Waals surface area contributed by atoms with Crippen LogP contribution in [0.5, 0.6) is 0 Å². The Morgan fingerprint density at radius 1 is 1.11 bits per heavy atom. The third-order valence-electron chi connectivity index (χ3n) is 2.99. The van der Waals surface area contributed by atoms with Crippen molar-refractivity contribution in [1.29, 1.82) is 0 Å². The number of nitrogens with two attached hydrogens (primary N) is 1. The Balaban J connectivity index is 2.16. The van der Waals surface area contributed by atoms with Crippen LogP contribution in [0.4, 0.5) is 15.8 Å². The van der Waals surface area contributed by atoms with Gasteiger partial charge < -0.3 is 11.1 Å². The summed E-state index contributed by atoms with van der Waals surface area (Å²) in [6.07, 6.45) is 0. The first kappa shape index (κ1) is 12.4. The summed E-state index contributed by atoms with van der Waals surface area (Å²) < 4.78 is 13.1. The van der Waals surface area contributed by atoms with Gasteiger partial charge in [0.15, 0.2) is 0 Å². The molecule has 0 heterocycles. The largest absolute Gasteiger partial charge is 0.397 e. The molecule has 0 aliphatic rings. The third-order valence-corrected chi connectivity index (χ3v) is 2.99. The van der Waals surface area contributed by atoms with Gasteiger partial charge in [0.2, 0.25) is 0 Å². The van der Waals surface area contributed by atoms with Crippen LogP contribution < -0.4 is 11.1 Å². The van der Waals surface area contributed by atoms with Gasteiger partial charge in [-0.1, -0.05) is 23.8 Å². The smallest absolute Gasteiger partial charge is 0.125 e. The fourth-order valence-corrected chi connectivity index (χ4v) is 1.86. The van der Waals surface area contributed by atoms with Crippen LogP contribution in [-0.4, -0.2) is 0 Å². The van der Waals surface area contributed by atoms with Crippen molar-refractivity contribution in [2.45, 2.75) is 20.4 Å². The van der Waals surface area contributed by atoms with Crippen LogP contribution in [0.1, 0.15) is 16.7 Å². The van der Waals surface area contributed by atoms with E-state index in [0.29, 0.717) is 17.9 Å². The molecule has 2 nitrogen and oxygen atoms in total. The molecule has 2 aromatic rings. The van der Waals surface area contributed by atoms with E-state index in [-0.39, 0.29) is 5.82 Å². The number of hydrogen-bond donors (Lipinski definition) is 2. The van der Waals surface area contributed by atoms with Gasteiger partial charge in [-0.25, -0.2) is 4.39 Å². The average Bonchev–Trinajstić information content (AvgIpc) is 2.34. The van der Waals surface area contributed by atoms with Crippen molar-refractivity contribution in [1.82, 2.24) is 0 Å². The molecule has 0 saturated carbocycles. The molecule has 2 aromatic carbocycles. The summed E-state index contributed by atoms with van der Waals surface area (Å²) in [6, 6.07) is 10.6. The molecule has 3 heteroatoms. The fourth-order valence-electron chi connectivity index (χ4n) is 1.86. The molecule has 0 spiro atoms. The Kier molecular flexibility index (Phi) is 3.51. The van der Waals surface area contributed by atoms with Crippen LogP contribution in [0.25, 0.3) is 0 Å². The minimum Gasteiger partial charge on any atom is -0.397 e. The molecule has 0 aliphatic carbocycles. The lowest BCUT2D eigenvalue weighted by molar-refractivity contribution is 0.628. The van der Waals surface area contributed by atoms with Crippen molar-refractivity contribution >= 4 is 11.4 Å². The van der Waals surface area contributed by atoms with E-state index in [1.807, 2.05) is 0 Å². The number of rotatable bonds is 3. The number of anilines is 2. The SMILES string of the molecule is Cc1ccc(C)c(CNc2cc(F)ccc2N)c1. The van der Waals surface area contributed by atoms with Crippen molar-refractivity contribution in [3.8, 4) is 0 Å². The standard InChI is InChI=1S/C15H17FN2/c1-10-3-4-11(2)12(7-10)9-18-15-8-13(16)5-6-14(15)17/h3-8,18H,9,17H2,1-2H3. The second-order valence-electron chi connectivity index (χ2n) is 4.52. The van der Waals surface area contributed by atoms with E-state index in [1.165, 1.54) is 28.8 Å². The topological polar surface area (TPSA) is 38.0 Å². The van der Waals surface area contributed by atoms with Crippen LogP contribution in [0.3, 0.4) is 0 Å². The number of aryl methyl sites for hydroxylation is 2. The van der Waals surface area contributed by atoms with Crippen molar-refractivity contribution in [2.75, 3.05) is 11.1 Å². The summed E-state index contributed by atoms with van der Waals surface area (Å²) in [6.45, 7) is 4.76. The van der Waals surface area contributed by atoms with Gasteiger partial charge in [0, 0.05) is 6.54 Å². The molecule has 0 aromatic heterocycles. The zero-order chi connectivity index (χ0) is 13.1. The Morgan fingerprint density at radius 3 is 2.67 bits per heavy atom. The van der Waals surface area contributed by atoms with Crippen LogP contribution in [0.2, 0.25) is 0 Å². The Labute approximate surface area is 107 Å². The van der Waals surface area contributed by atoms with Crippen molar-refractivity contribution < 1.29 is 4.39 Å². The molecular formula is C15H17FN2. The van der Waals surface area contributed by atoms with E-state index in [2.05, 4.69) is 37.4 Å². The Bertz CT molecular complexity index is 513. The first-order valence-corrected chi connectivity index (χ1v) is 5.91. The average molecular weight is 244 g/mol. The van der Waals surface area contributed by atoms with Crippen molar-refractivity contribution in [2.24, 2.45) is 0 Å². The molecule has 0 bridgehead atoms. The lowest BCUT2D eigenvalue weighted by atomic mass is 10.1. The maximum absolute atomic E-state index is 13.1. The van der Waals surface area contributed by atoms with E-state index >= 15 is 0 Å². The van der Waals surface area contributed by atoms with Crippen LogP contribution in [0.15, 0.2) is 36.4 Å². The molecule has 94 valence electrons. The number of halogens is 1. The van der Waals surface area contributed by atoms with Crippen LogP contribution in [-0.2, 0) is 6.54 Å². The van der Waals surface area contributed by atoms with Gasteiger partial charge in [0.1, 0.15) is 5.82 Å². The van der Waals surface area contributed by atoms with E-state index in [4.69, 9.17) is 5.73 Å². The molecule has 0 fully saturated rings. The fraction of sp³-hybridized carbons (Fsp3) is 0.200. The van der Waals surface area contributed by atoms with Gasteiger partial charge in [0.05, 0.1) is 11.4 Å². The number of hydrogen-bond acceptors (Lipinski definition) is 2. The maximum atomic E-state index is 13.1. The highest BCUT2D eigenvalue weighted by atomic mass is 19.1. The minimum absolute atomic E-state index is 0.285. The normalized spacial score (nSPS) is 10.4. The second-order valence-corrected chi connectivity index (χ2v) is 4.52. The number of nitrogen functional groups attached to an aromatic ring is 1. The van der Waals surface area contributed by atoms with E-state index < -0.39 is 0 Å². The summed E-state index contributed by atoms with van der Waals surface area (Å²) in [7, 11) is 0. The molecule has 0 amide bonds. The van der Waals surface area contributed by atoms with Crippen LogP contribution in [0, 0.1) is 19.7 Å². The summed E-state index contributed by atoms with van der Waals surface area (Å²) >= 11 is 0. The summed E-state index contributed by atoms with van der Waals surface area (Å²) in [5, 5.41) is 3.17. The van der Waals surface area contributed by atoms with Gasteiger partial charge in [0.25, 0.3) is 0 Å². The summed E-state index contributed by atoms with van der Waals surface area (Å²) in [5.74, 6) is -0.285. The monoisotopic (exact) mass is 244 g/mol. The molecular weight excluding hydrogens is 227 g/mol. The van der Waals surface area contributed by atoms with Gasteiger partial charge in [-0.2, -0.15) is 0 Å². The van der Waals surface area contributed by atoms with E-state index in [1.54, 1.807) is 6.07 Å². The highest BCUT2D eigenvalue weighted by molar-refractivity contribution is 5.66. The molecule has 3 N–H and O–H groups in total. The van der Waals surface area contributed by atoms with Crippen LogP contribution >= 0.6 is 0 Å². The first-order chi connectivity index (χ1) is 8.56. The Hall–Kier alpha value is -2.03.